The summed E-state index contributed by atoms with van der Waals surface area (Å²) in [4.78, 5) is 25.0. The number of hydrogen-bond acceptors (Lipinski definition) is 5. The Hall–Kier alpha value is -2.93. The van der Waals surface area contributed by atoms with E-state index in [1.165, 1.54) is 6.07 Å². The van der Waals surface area contributed by atoms with Gasteiger partial charge in [0.2, 0.25) is 5.91 Å². The maximum Gasteiger partial charge on any atom is 0.272 e. The zero-order chi connectivity index (χ0) is 19.1. The van der Waals surface area contributed by atoms with E-state index in [0.29, 0.717) is 30.1 Å². The van der Waals surface area contributed by atoms with Crippen LogP contribution in [0, 0.1) is 17.0 Å². The van der Waals surface area contributed by atoms with E-state index in [2.05, 4.69) is 5.32 Å². The van der Waals surface area contributed by atoms with Crippen molar-refractivity contribution < 1.29 is 14.5 Å². The third-order valence-electron chi connectivity index (χ3n) is 4.18. The Morgan fingerprint density at radius 1 is 1.27 bits per heavy atom. The molecule has 2 aromatic carbocycles. The van der Waals surface area contributed by atoms with Gasteiger partial charge in [-0.2, -0.15) is 0 Å². The second-order valence-electron chi connectivity index (χ2n) is 5.90. The minimum Gasteiger partial charge on any atom is -0.497 e. The minimum absolute atomic E-state index is 0.0967. The van der Waals surface area contributed by atoms with Gasteiger partial charge in [0.15, 0.2) is 0 Å². The highest BCUT2D eigenvalue weighted by Gasteiger charge is 2.16. The maximum atomic E-state index is 12.3. The van der Waals surface area contributed by atoms with Gasteiger partial charge < -0.3 is 10.1 Å². The van der Waals surface area contributed by atoms with Crippen LogP contribution in [0.3, 0.4) is 0 Å². The first-order valence-electron chi connectivity index (χ1n) is 8.33. The summed E-state index contributed by atoms with van der Waals surface area (Å²) < 4.78 is 5.14. The van der Waals surface area contributed by atoms with Gasteiger partial charge in [-0.15, -0.1) is 0 Å². The molecule has 0 saturated carbocycles. The van der Waals surface area contributed by atoms with E-state index >= 15 is 0 Å². The Morgan fingerprint density at radius 3 is 2.65 bits per heavy atom. The molecule has 0 spiro atoms. The molecule has 0 saturated heterocycles. The second kappa shape index (κ2) is 8.96. The normalized spacial score (nSPS) is 10.6. The Kier molecular flexibility index (Phi) is 6.68. The Bertz CT molecular complexity index is 792. The number of carbonyl (C=O) groups is 1. The summed E-state index contributed by atoms with van der Waals surface area (Å²) in [6.07, 6.45) is 0. The second-order valence-corrected chi connectivity index (χ2v) is 5.90. The minimum atomic E-state index is -0.384. The van der Waals surface area contributed by atoms with Crippen molar-refractivity contribution in [3.05, 3.63) is 63.7 Å². The van der Waals surface area contributed by atoms with Crippen molar-refractivity contribution in [2.45, 2.75) is 20.4 Å². The first-order chi connectivity index (χ1) is 12.4. The van der Waals surface area contributed by atoms with Crippen molar-refractivity contribution in [1.29, 1.82) is 0 Å². The smallest absolute Gasteiger partial charge is 0.272 e. The molecule has 1 amide bonds. The van der Waals surface area contributed by atoms with Gasteiger partial charge in [0.1, 0.15) is 5.75 Å². The van der Waals surface area contributed by atoms with Crippen LogP contribution in [0.25, 0.3) is 0 Å². The van der Waals surface area contributed by atoms with Crippen LogP contribution >= 0.6 is 0 Å². The summed E-state index contributed by atoms with van der Waals surface area (Å²) in [7, 11) is 1.57. The highest BCUT2D eigenvalue weighted by Crippen LogP contribution is 2.22. The lowest BCUT2D eigenvalue weighted by atomic mass is 10.1. The predicted molar refractivity (Wildman–Crippen MR) is 100 cm³/mol. The van der Waals surface area contributed by atoms with Crippen molar-refractivity contribution in [3.63, 3.8) is 0 Å². The van der Waals surface area contributed by atoms with Gasteiger partial charge in [0.25, 0.3) is 5.69 Å². The van der Waals surface area contributed by atoms with Gasteiger partial charge in [-0.05, 0) is 31.2 Å². The summed E-state index contributed by atoms with van der Waals surface area (Å²) in [5, 5.41) is 13.9. The zero-order valence-corrected chi connectivity index (χ0v) is 15.2. The van der Waals surface area contributed by atoms with Crippen LogP contribution in [0.15, 0.2) is 42.5 Å². The number of nitrogens with zero attached hydrogens (tertiary/aromatic N) is 2. The maximum absolute atomic E-state index is 12.3. The average molecular weight is 357 g/mol. The number of ether oxygens (including phenoxy) is 1. The van der Waals surface area contributed by atoms with Crippen LogP contribution < -0.4 is 10.1 Å². The van der Waals surface area contributed by atoms with Gasteiger partial charge in [0, 0.05) is 29.9 Å². The SMILES string of the molecule is CCN(CC(=O)Nc1cccc(OC)c1)Cc1cccc([N+](=O)[O-])c1C. The summed E-state index contributed by atoms with van der Waals surface area (Å²) in [6.45, 7) is 4.99. The molecule has 0 bridgehead atoms. The number of carbonyl (C=O) groups excluding carboxylic acids is 1. The van der Waals surface area contributed by atoms with Crippen LogP contribution in [0.2, 0.25) is 0 Å². The van der Waals surface area contributed by atoms with Crippen LogP contribution in [0.5, 0.6) is 5.75 Å². The predicted octanol–water partition coefficient (Wildman–Crippen LogP) is 3.37. The number of benzene rings is 2. The molecule has 138 valence electrons. The number of amides is 1. The number of methoxy groups -OCH3 is 1. The Balaban J connectivity index is 2.04. The molecule has 0 aromatic heterocycles. The molecule has 0 aliphatic carbocycles. The highest BCUT2D eigenvalue weighted by molar-refractivity contribution is 5.92. The third-order valence-corrected chi connectivity index (χ3v) is 4.18. The molecule has 7 nitrogen and oxygen atoms in total. The van der Waals surface area contributed by atoms with E-state index in [0.717, 1.165) is 5.56 Å². The van der Waals surface area contributed by atoms with Gasteiger partial charge in [0.05, 0.1) is 18.6 Å². The topological polar surface area (TPSA) is 84.7 Å². The molecule has 1 N–H and O–H groups in total. The standard InChI is InChI=1S/C19H23N3O4/c1-4-21(12-15-7-5-10-18(14(15)2)22(24)25)13-19(23)20-16-8-6-9-17(11-16)26-3/h5-11H,4,12-13H2,1-3H3,(H,20,23). The van der Waals surface area contributed by atoms with Crippen molar-refractivity contribution in [1.82, 2.24) is 4.90 Å². The molecule has 0 aliphatic rings. The molecular formula is C19H23N3O4. The number of nitro groups is 1. The monoisotopic (exact) mass is 357 g/mol. The molecule has 0 radical (unpaired) electrons. The van der Waals surface area contributed by atoms with Crippen molar-refractivity contribution in [2.24, 2.45) is 0 Å². The number of hydrogen-bond donors (Lipinski definition) is 1. The molecule has 7 heteroatoms. The number of likely N-dealkylation sites (N-methyl/N-ethyl adjacent to an activating group) is 1. The van der Waals surface area contributed by atoms with E-state index in [9.17, 15) is 14.9 Å². The highest BCUT2D eigenvalue weighted by atomic mass is 16.6. The molecule has 0 atom stereocenters. The molecule has 2 rings (SSSR count). The molecule has 0 unspecified atom stereocenters. The largest absolute Gasteiger partial charge is 0.497 e. The lowest BCUT2D eigenvalue weighted by Crippen LogP contribution is -2.33. The van der Waals surface area contributed by atoms with Crippen molar-refractivity contribution in [3.8, 4) is 5.75 Å². The van der Waals surface area contributed by atoms with E-state index in [-0.39, 0.29) is 23.1 Å². The van der Waals surface area contributed by atoms with Crippen molar-refractivity contribution >= 4 is 17.3 Å². The van der Waals surface area contributed by atoms with Crippen LogP contribution in [0.4, 0.5) is 11.4 Å². The van der Waals surface area contributed by atoms with E-state index in [1.807, 2.05) is 17.9 Å². The zero-order valence-electron chi connectivity index (χ0n) is 15.2. The van der Waals surface area contributed by atoms with E-state index in [4.69, 9.17) is 4.74 Å². The summed E-state index contributed by atoms with van der Waals surface area (Å²) in [5.74, 6) is 0.519. The van der Waals surface area contributed by atoms with E-state index in [1.54, 1.807) is 44.4 Å². The van der Waals surface area contributed by atoms with Gasteiger partial charge in [-0.3, -0.25) is 19.8 Å². The Labute approximate surface area is 152 Å². The lowest BCUT2D eigenvalue weighted by Gasteiger charge is -2.21. The number of nitrogens with one attached hydrogen (secondary N) is 1. The lowest BCUT2D eigenvalue weighted by molar-refractivity contribution is -0.385. The Morgan fingerprint density at radius 2 is 2.00 bits per heavy atom. The summed E-state index contributed by atoms with van der Waals surface area (Å²) in [6, 6.07) is 12.2. The quantitative estimate of drug-likeness (QED) is 0.578. The van der Waals surface area contributed by atoms with Gasteiger partial charge in [-0.1, -0.05) is 25.1 Å². The average Bonchev–Trinajstić information content (AvgIpc) is 2.62. The molecule has 0 fully saturated rings. The summed E-state index contributed by atoms with van der Waals surface area (Å²) >= 11 is 0. The fourth-order valence-corrected chi connectivity index (χ4v) is 2.66. The fourth-order valence-electron chi connectivity index (χ4n) is 2.66. The fraction of sp³-hybridized carbons (Fsp3) is 0.316. The first-order valence-corrected chi connectivity index (χ1v) is 8.33. The van der Waals surface area contributed by atoms with Crippen LogP contribution in [-0.2, 0) is 11.3 Å². The van der Waals surface area contributed by atoms with Crippen LogP contribution in [0.1, 0.15) is 18.1 Å². The number of rotatable bonds is 8. The summed E-state index contributed by atoms with van der Waals surface area (Å²) in [5.41, 5.74) is 2.23. The van der Waals surface area contributed by atoms with Gasteiger partial charge in [-0.25, -0.2) is 0 Å². The first kappa shape index (κ1) is 19.4. The van der Waals surface area contributed by atoms with Crippen LogP contribution in [-0.4, -0.2) is 35.9 Å². The number of anilines is 1. The molecule has 26 heavy (non-hydrogen) atoms. The van der Waals surface area contributed by atoms with E-state index < -0.39 is 0 Å². The third kappa shape index (κ3) is 5.03. The molecule has 0 heterocycles. The van der Waals surface area contributed by atoms with Crippen molar-refractivity contribution in [2.75, 3.05) is 25.5 Å². The molecular weight excluding hydrogens is 334 g/mol. The molecule has 0 aliphatic heterocycles. The van der Waals surface area contributed by atoms with Gasteiger partial charge >= 0.3 is 0 Å². The molecule has 2 aromatic rings. The number of nitro benzene ring substituents is 1.